The number of hydrogen-bond acceptors (Lipinski definition) is 5. The average Bonchev–Trinajstić information content (AvgIpc) is 2.72. The first-order chi connectivity index (χ1) is 7.63. The molecular weight excluding hydrogens is 224 g/mol. The summed E-state index contributed by atoms with van der Waals surface area (Å²) in [6.07, 6.45) is 1.20. The number of amides is 1. The van der Waals surface area contributed by atoms with E-state index in [1.54, 1.807) is 11.3 Å². The lowest BCUT2D eigenvalue weighted by molar-refractivity contribution is -0.121. The van der Waals surface area contributed by atoms with Gasteiger partial charge in [-0.3, -0.25) is 4.79 Å². The summed E-state index contributed by atoms with van der Waals surface area (Å²) in [5.41, 5.74) is 5.32. The summed E-state index contributed by atoms with van der Waals surface area (Å²) in [6, 6.07) is 0. The molecule has 0 aromatic carbocycles. The molecule has 1 aromatic rings. The van der Waals surface area contributed by atoms with Gasteiger partial charge in [-0.1, -0.05) is 25.2 Å². The molecule has 6 heteroatoms. The molecule has 0 radical (unpaired) electrons. The van der Waals surface area contributed by atoms with Crippen LogP contribution in [0.1, 0.15) is 42.6 Å². The summed E-state index contributed by atoms with van der Waals surface area (Å²) in [6.45, 7) is 5.16. The fourth-order valence-corrected chi connectivity index (χ4v) is 1.88. The van der Waals surface area contributed by atoms with Crippen LogP contribution >= 0.6 is 11.3 Å². The minimum Gasteiger partial charge on any atom is -0.350 e. The summed E-state index contributed by atoms with van der Waals surface area (Å²) >= 11 is 1.55. The Morgan fingerprint density at radius 2 is 2.25 bits per heavy atom. The first-order valence-corrected chi connectivity index (χ1v) is 6.24. The number of nitrogens with one attached hydrogen (secondary N) is 1. The Balaban J connectivity index is 2.33. The van der Waals surface area contributed by atoms with E-state index in [-0.39, 0.29) is 5.91 Å². The van der Waals surface area contributed by atoms with Gasteiger partial charge in [-0.2, -0.15) is 0 Å². The molecule has 3 N–H and O–H groups in total. The number of aromatic nitrogens is 2. The van der Waals surface area contributed by atoms with E-state index < -0.39 is 0 Å². The second-order valence-corrected chi connectivity index (χ2v) is 4.95. The number of carbonyl (C=O) groups excluding carboxylic acids is 1. The molecule has 0 saturated carbocycles. The van der Waals surface area contributed by atoms with Gasteiger partial charge in [0.1, 0.15) is 10.0 Å². The number of hydrogen-bond donors (Lipinski definition) is 2. The molecule has 0 aliphatic rings. The molecule has 1 aromatic heterocycles. The van der Waals surface area contributed by atoms with Crippen LogP contribution in [0.3, 0.4) is 0 Å². The highest BCUT2D eigenvalue weighted by Crippen LogP contribution is 2.18. The van der Waals surface area contributed by atoms with E-state index in [4.69, 9.17) is 5.73 Å². The van der Waals surface area contributed by atoms with E-state index in [0.717, 1.165) is 16.4 Å². The lowest BCUT2D eigenvalue weighted by atomic mass is 10.2. The first-order valence-electron chi connectivity index (χ1n) is 5.42. The molecule has 16 heavy (non-hydrogen) atoms. The van der Waals surface area contributed by atoms with Crippen LogP contribution in [-0.2, 0) is 11.3 Å². The minimum atomic E-state index is 0.0201. The van der Waals surface area contributed by atoms with Crippen molar-refractivity contribution in [3.05, 3.63) is 10.0 Å². The van der Waals surface area contributed by atoms with Crippen LogP contribution in [0.25, 0.3) is 0 Å². The second-order valence-electron chi connectivity index (χ2n) is 3.86. The highest BCUT2D eigenvalue weighted by Gasteiger charge is 2.08. The van der Waals surface area contributed by atoms with E-state index in [0.29, 0.717) is 25.4 Å². The summed E-state index contributed by atoms with van der Waals surface area (Å²) in [5.74, 6) is 0.408. The number of rotatable bonds is 6. The van der Waals surface area contributed by atoms with E-state index in [2.05, 4.69) is 29.4 Å². The zero-order chi connectivity index (χ0) is 12.0. The molecule has 0 unspecified atom stereocenters. The van der Waals surface area contributed by atoms with Crippen LogP contribution in [0.5, 0.6) is 0 Å². The molecule has 0 atom stereocenters. The third kappa shape index (κ3) is 4.24. The van der Waals surface area contributed by atoms with Crippen LogP contribution in [0.4, 0.5) is 0 Å². The Bertz CT molecular complexity index is 337. The third-order valence-corrected chi connectivity index (χ3v) is 3.24. The van der Waals surface area contributed by atoms with Gasteiger partial charge in [0.15, 0.2) is 0 Å². The molecular formula is C10H18N4OS. The van der Waals surface area contributed by atoms with Crippen molar-refractivity contribution in [3.8, 4) is 0 Å². The van der Waals surface area contributed by atoms with Crippen molar-refractivity contribution in [3.63, 3.8) is 0 Å². The molecule has 0 saturated heterocycles. The number of nitrogens with two attached hydrogens (primary N) is 1. The molecule has 0 aliphatic heterocycles. The van der Waals surface area contributed by atoms with E-state index in [9.17, 15) is 4.79 Å². The zero-order valence-electron chi connectivity index (χ0n) is 9.69. The Labute approximate surface area is 99.5 Å². The summed E-state index contributed by atoms with van der Waals surface area (Å²) in [5, 5.41) is 12.7. The maximum absolute atomic E-state index is 11.3. The molecule has 0 bridgehead atoms. The molecule has 0 aliphatic carbocycles. The number of nitrogens with zero attached hydrogens (tertiary/aromatic N) is 2. The lowest BCUT2D eigenvalue weighted by Crippen LogP contribution is -2.23. The normalized spacial score (nSPS) is 10.8. The summed E-state index contributed by atoms with van der Waals surface area (Å²) < 4.78 is 0. The molecule has 1 rings (SSSR count). The fourth-order valence-electron chi connectivity index (χ4n) is 1.10. The van der Waals surface area contributed by atoms with Crippen molar-refractivity contribution in [2.45, 2.75) is 39.2 Å². The highest BCUT2D eigenvalue weighted by molar-refractivity contribution is 7.11. The van der Waals surface area contributed by atoms with E-state index in [1.165, 1.54) is 0 Å². The van der Waals surface area contributed by atoms with Crippen molar-refractivity contribution in [2.24, 2.45) is 5.73 Å². The van der Waals surface area contributed by atoms with Crippen LogP contribution in [-0.4, -0.2) is 22.6 Å². The van der Waals surface area contributed by atoms with Crippen LogP contribution in [0.15, 0.2) is 0 Å². The second kappa shape index (κ2) is 6.55. The van der Waals surface area contributed by atoms with Gasteiger partial charge in [0, 0.05) is 12.3 Å². The van der Waals surface area contributed by atoms with Gasteiger partial charge in [0.05, 0.1) is 6.54 Å². The predicted octanol–water partition coefficient (Wildman–Crippen LogP) is 1.02. The van der Waals surface area contributed by atoms with Gasteiger partial charge in [-0.05, 0) is 13.0 Å². The Morgan fingerprint density at radius 3 is 2.81 bits per heavy atom. The fraction of sp³-hybridized carbons (Fsp3) is 0.700. The van der Waals surface area contributed by atoms with Crippen LogP contribution in [0.2, 0.25) is 0 Å². The van der Waals surface area contributed by atoms with Gasteiger partial charge < -0.3 is 11.1 Å². The topological polar surface area (TPSA) is 80.9 Å². The SMILES string of the molecule is CC(C)c1nnc(CNC(=O)CCCN)s1. The van der Waals surface area contributed by atoms with Gasteiger partial charge >= 0.3 is 0 Å². The lowest BCUT2D eigenvalue weighted by Gasteiger charge is -2.01. The zero-order valence-corrected chi connectivity index (χ0v) is 10.5. The average molecular weight is 242 g/mol. The van der Waals surface area contributed by atoms with Crippen LogP contribution in [0, 0.1) is 0 Å². The van der Waals surface area contributed by atoms with E-state index >= 15 is 0 Å². The quantitative estimate of drug-likeness (QED) is 0.780. The third-order valence-electron chi connectivity index (χ3n) is 2.02. The van der Waals surface area contributed by atoms with E-state index in [1.807, 2.05) is 0 Å². The molecule has 90 valence electrons. The highest BCUT2D eigenvalue weighted by atomic mass is 32.1. The Morgan fingerprint density at radius 1 is 1.50 bits per heavy atom. The first kappa shape index (κ1) is 13.1. The summed E-state index contributed by atoms with van der Waals surface area (Å²) in [4.78, 5) is 11.3. The van der Waals surface area contributed by atoms with Gasteiger partial charge in [0.25, 0.3) is 0 Å². The molecule has 5 nitrogen and oxygen atoms in total. The van der Waals surface area contributed by atoms with Crippen molar-refractivity contribution >= 4 is 17.2 Å². The van der Waals surface area contributed by atoms with Crippen molar-refractivity contribution in [2.75, 3.05) is 6.54 Å². The monoisotopic (exact) mass is 242 g/mol. The molecule has 0 fully saturated rings. The van der Waals surface area contributed by atoms with Crippen LogP contribution < -0.4 is 11.1 Å². The largest absolute Gasteiger partial charge is 0.350 e. The van der Waals surface area contributed by atoms with Crippen molar-refractivity contribution in [1.29, 1.82) is 0 Å². The maximum atomic E-state index is 11.3. The standard InChI is InChI=1S/C10H18N4OS/c1-7(2)10-14-13-9(16-10)6-12-8(15)4-3-5-11/h7H,3-6,11H2,1-2H3,(H,12,15). The summed E-state index contributed by atoms with van der Waals surface area (Å²) in [7, 11) is 0. The van der Waals surface area contributed by atoms with Gasteiger partial charge in [-0.15, -0.1) is 10.2 Å². The predicted molar refractivity (Wildman–Crippen MR) is 64.1 cm³/mol. The minimum absolute atomic E-state index is 0.0201. The molecule has 1 heterocycles. The van der Waals surface area contributed by atoms with Crippen molar-refractivity contribution in [1.82, 2.24) is 15.5 Å². The molecule has 1 amide bonds. The van der Waals surface area contributed by atoms with Gasteiger partial charge in [-0.25, -0.2) is 0 Å². The number of carbonyl (C=O) groups is 1. The molecule has 0 spiro atoms. The maximum Gasteiger partial charge on any atom is 0.220 e. The van der Waals surface area contributed by atoms with Crippen molar-refractivity contribution < 1.29 is 4.79 Å². The smallest absolute Gasteiger partial charge is 0.220 e. The Hall–Kier alpha value is -1.01. The Kier molecular flexibility index (Phi) is 5.34. The van der Waals surface area contributed by atoms with Gasteiger partial charge in [0.2, 0.25) is 5.91 Å².